The van der Waals surface area contributed by atoms with Crippen molar-refractivity contribution in [3.05, 3.63) is 53.6 Å². The highest BCUT2D eigenvalue weighted by molar-refractivity contribution is 7.81. The highest BCUT2D eigenvalue weighted by atomic mass is 32.1. The topological polar surface area (TPSA) is 80.5 Å². The Kier molecular flexibility index (Phi) is 3.83. The zero-order valence-electron chi connectivity index (χ0n) is 13.7. The average Bonchev–Trinajstić information content (AvgIpc) is 2.92. The summed E-state index contributed by atoms with van der Waals surface area (Å²) in [7, 11) is 0. The molecule has 7 heteroatoms. The van der Waals surface area contributed by atoms with Crippen LogP contribution in [0.4, 0.5) is 5.69 Å². The van der Waals surface area contributed by atoms with Crippen molar-refractivity contribution in [2.45, 2.75) is 31.2 Å². The summed E-state index contributed by atoms with van der Waals surface area (Å²) in [6.07, 6.45) is 0. The molecule has 0 aromatic heterocycles. The van der Waals surface area contributed by atoms with E-state index in [1.54, 1.807) is 11.1 Å². The third-order valence-corrected chi connectivity index (χ3v) is 4.45. The molecule has 1 unspecified atom stereocenters. The molecule has 0 saturated heterocycles. The van der Waals surface area contributed by atoms with Crippen LogP contribution < -0.4 is 10.5 Å². The van der Waals surface area contributed by atoms with Gasteiger partial charge in [-0.25, -0.2) is 5.01 Å². The Morgan fingerprint density at radius 3 is 2.42 bits per heavy atom. The summed E-state index contributed by atoms with van der Waals surface area (Å²) in [5.74, 6) is 0.0788. The minimum atomic E-state index is -1.29. The van der Waals surface area contributed by atoms with E-state index in [1.165, 1.54) is 6.07 Å². The van der Waals surface area contributed by atoms with E-state index >= 15 is 0 Å². The van der Waals surface area contributed by atoms with Crippen molar-refractivity contribution in [2.24, 2.45) is 10.3 Å². The van der Waals surface area contributed by atoms with Gasteiger partial charge in [0.05, 0.1) is 11.3 Å². The fourth-order valence-electron chi connectivity index (χ4n) is 2.69. The molecule has 3 N–H and O–H groups in total. The van der Waals surface area contributed by atoms with Crippen molar-refractivity contribution < 1.29 is 10.2 Å². The molecule has 0 aliphatic carbocycles. The molecule has 0 bridgehead atoms. The lowest BCUT2D eigenvalue weighted by Gasteiger charge is -2.33. The Morgan fingerprint density at radius 1 is 1.12 bits per heavy atom. The number of benzene rings is 2. The first kappa shape index (κ1) is 16.4. The summed E-state index contributed by atoms with van der Waals surface area (Å²) in [6.45, 7) is 5.87. The number of hydrazine groups is 1. The molecular weight excluding hydrogens is 324 g/mol. The minimum Gasteiger partial charge on any atom is -0.508 e. The normalized spacial score (nSPS) is 20.2. The molecule has 0 spiro atoms. The van der Waals surface area contributed by atoms with Gasteiger partial charge in [0.25, 0.3) is 0 Å². The number of hydrogen-bond acceptors (Lipinski definition) is 7. The molecule has 24 heavy (non-hydrogen) atoms. The Morgan fingerprint density at radius 2 is 1.79 bits per heavy atom. The largest absolute Gasteiger partial charge is 0.508 e. The maximum absolute atomic E-state index is 10.8. The maximum Gasteiger partial charge on any atom is 0.247 e. The van der Waals surface area contributed by atoms with Crippen molar-refractivity contribution in [3.8, 4) is 11.5 Å². The van der Waals surface area contributed by atoms with Crippen molar-refractivity contribution >= 4 is 18.3 Å². The SMILES string of the molecule is CC(C)(C)c1cc(O)cc(C2(S)N=NNN2c2ccccc2)c1O. The van der Waals surface area contributed by atoms with Crippen LogP contribution in [0.3, 0.4) is 0 Å². The first-order valence-electron chi connectivity index (χ1n) is 7.55. The van der Waals surface area contributed by atoms with Gasteiger partial charge in [0.15, 0.2) is 0 Å². The number of aromatic hydroxyl groups is 2. The molecule has 0 fully saturated rings. The summed E-state index contributed by atoms with van der Waals surface area (Å²) in [6, 6.07) is 12.4. The Balaban J connectivity index is 2.17. The highest BCUT2D eigenvalue weighted by Gasteiger charge is 2.43. The number of anilines is 1. The van der Waals surface area contributed by atoms with Crippen LogP contribution in [0.25, 0.3) is 0 Å². The molecule has 0 amide bonds. The van der Waals surface area contributed by atoms with Gasteiger partial charge in [-0.2, -0.15) is 5.53 Å². The van der Waals surface area contributed by atoms with Gasteiger partial charge in [-0.1, -0.05) is 44.2 Å². The van der Waals surface area contributed by atoms with Gasteiger partial charge < -0.3 is 10.2 Å². The molecule has 1 aliphatic heterocycles. The summed E-state index contributed by atoms with van der Waals surface area (Å²) in [5.41, 5.74) is 4.17. The molecule has 0 saturated carbocycles. The second-order valence-electron chi connectivity index (χ2n) is 6.75. The molecule has 3 rings (SSSR count). The number of thiol groups is 1. The van der Waals surface area contributed by atoms with E-state index in [-0.39, 0.29) is 16.9 Å². The van der Waals surface area contributed by atoms with Crippen molar-refractivity contribution in [1.82, 2.24) is 5.53 Å². The predicted molar refractivity (Wildman–Crippen MR) is 96.0 cm³/mol. The quantitative estimate of drug-likeness (QED) is 0.493. The number of hydrogen-bond donors (Lipinski definition) is 4. The summed E-state index contributed by atoms with van der Waals surface area (Å²) in [5, 5.41) is 30.6. The van der Waals surface area contributed by atoms with E-state index in [9.17, 15) is 10.2 Å². The second-order valence-corrected chi connectivity index (χ2v) is 7.37. The van der Waals surface area contributed by atoms with Crippen LogP contribution in [0.2, 0.25) is 0 Å². The first-order chi connectivity index (χ1) is 11.2. The Hall–Kier alpha value is -2.41. The summed E-state index contributed by atoms with van der Waals surface area (Å²) >= 11 is 4.67. The van der Waals surface area contributed by atoms with Gasteiger partial charge in [0.2, 0.25) is 4.99 Å². The van der Waals surface area contributed by atoms with Crippen LogP contribution in [-0.4, -0.2) is 10.2 Å². The number of rotatable bonds is 2. The van der Waals surface area contributed by atoms with Gasteiger partial charge in [0, 0.05) is 5.56 Å². The van der Waals surface area contributed by atoms with Crippen molar-refractivity contribution in [3.63, 3.8) is 0 Å². The van der Waals surface area contributed by atoms with Crippen LogP contribution in [0.1, 0.15) is 31.9 Å². The van der Waals surface area contributed by atoms with Crippen LogP contribution in [0, 0.1) is 0 Å². The molecular formula is C17H20N4O2S. The van der Waals surface area contributed by atoms with Crippen molar-refractivity contribution in [1.29, 1.82) is 0 Å². The average molecular weight is 344 g/mol. The molecule has 1 heterocycles. The van der Waals surface area contributed by atoms with Crippen LogP contribution in [0.5, 0.6) is 11.5 Å². The van der Waals surface area contributed by atoms with Crippen molar-refractivity contribution in [2.75, 3.05) is 5.01 Å². The predicted octanol–water partition coefficient (Wildman–Crippen LogP) is 3.83. The number of phenols is 2. The summed E-state index contributed by atoms with van der Waals surface area (Å²) < 4.78 is 0. The third kappa shape index (κ3) is 2.65. The Bertz CT molecular complexity index is 789. The number of phenolic OH excluding ortho intramolecular Hbond substituents is 2. The third-order valence-electron chi connectivity index (χ3n) is 3.92. The van der Waals surface area contributed by atoms with Gasteiger partial charge in [-0.15, -0.1) is 17.7 Å². The number of nitrogens with zero attached hydrogens (tertiary/aromatic N) is 3. The first-order valence-corrected chi connectivity index (χ1v) is 8.00. The molecule has 126 valence electrons. The van der Waals surface area contributed by atoms with Gasteiger partial charge in [-0.05, 0) is 29.7 Å². The van der Waals surface area contributed by atoms with Gasteiger partial charge >= 0.3 is 0 Å². The molecule has 2 aromatic rings. The minimum absolute atomic E-state index is 0.0382. The molecule has 1 atom stereocenters. The van der Waals surface area contributed by atoms with Gasteiger partial charge in [-0.3, -0.25) is 0 Å². The number of nitrogens with one attached hydrogen (secondary N) is 1. The maximum atomic E-state index is 10.8. The van der Waals surface area contributed by atoms with E-state index in [0.717, 1.165) is 5.69 Å². The molecule has 6 nitrogen and oxygen atoms in total. The second kappa shape index (κ2) is 5.59. The fraction of sp³-hybridized carbons (Fsp3) is 0.294. The van der Waals surface area contributed by atoms with Crippen LogP contribution in [-0.2, 0) is 10.4 Å². The standard InChI is InChI=1S/C17H20N4O2S/c1-16(2,3)13-9-12(22)10-14(15(13)23)17(24)18-19-20-21(17)11-7-5-4-6-8-11/h4-10,22-24H,1-3H3,(H,18,20). The lowest BCUT2D eigenvalue weighted by atomic mass is 9.84. The Labute approximate surface area is 146 Å². The monoisotopic (exact) mass is 344 g/mol. The molecule has 1 aliphatic rings. The lowest BCUT2D eigenvalue weighted by Crippen LogP contribution is -2.43. The lowest BCUT2D eigenvalue weighted by molar-refractivity contribution is 0.419. The molecule has 0 radical (unpaired) electrons. The van der Waals surface area contributed by atoms with E-state index in [2.05, 4.69) is 28.5 Å². The highest BCUT2D eigenvalue weighted by Crippen LogP contribution is 2.47. The zero-order valence-corrected chi connectivity index (χ0v) is 14.6. The smallest absolute Gasteiger partial charge is 0.247 e. The van der Waals surface area contributed by atoms with Gasteiger partial charge in [0.1, 0.15) is 11.5 Å². The zero-order chi connectivity index (χ0) is 17.5. The van der Waals surface area contributed by atoms with E-state index in [0.29, 0.717) is 11.1 Å². The van der Waals surface area contributed by atoms with Crippen LogP contribution >= 0.6 is 12.6 Å². The number of para-hydroxylation sites is 1. The van der Waals surface area contributed by atoms with E-state index in [1.807, 2.05) is 51.1 Å². The molecule has 2 aromatic carbocycles. The van der Waals surface area contributed by atoms with E-state index < -0.39 is 4.99 Å². The summed E-state index contributed by atoms with van der Waals surface area (Å²) in [4.78, 5) is -1.29. The fourth-order valence-corrected chi connectivity index (χ4v) is 3.06. The van der Waals surface area contributed by atoms with Crippen LogP contribution in [0.15, 0.2) is 52.8 Å². The van der Waals surface area contributed by atoms with E-state index in [4.69, 9.17) is 0 Å².